The summed E-state index contributed by atoms with van der Waals surface area (Å²) in [6.45, 7) is 3.10. The van der Waals surface area contributed by atoms with Gasteiger partial charge < -0.3 is 24.1 Å². The van der Waals surface area contributed by atoms with Gasteiger partial charge in [-0.3, -0.25) is 9.48 Å². The van der Waals surface area contributed by atoms with Crippen molar-refractivity contribution in [1.29, 1.82) is 0 Å². The molecule has 0 bridgehead atoms. The van der Waals surface area contributed by atoms with E-state index in [1.165, 1.54) is 12.5 Å². The lowest BCUT2D eigenvalue weighted by molar-refractivity contribution is -0.192. The second kappa shape index (κ2) is 10.4. The van der Waals surface area contributed by atoms with Crippen LogP contribution in [0.3, 0.4) is 0 Å². The minimum atomic E-state index is -5.08. The first-order chi connectivity index (χ1) is 14.5. The van der Waals surface area contributed by atoms with Gasteiger partial charge in [0.25, 0.3) is 5.91 Å². The largest absolute Gasteiger partial charge is 0.490 e. The Balaban J connectivity index is 0.000000423. The van der Waals surface area contributed by atoms with Gasteiger partial charge in [-0.15, -0.1) is 5.10 Å². The van der Waals surface area contributed by atoms with Gasteiger partial charge in [-0.25, -0.2) is 4.79 Å². The molecule has 2 aromatic rings. The lowest BCUT2D eigenvalue weighted by atomic mass is 9.98. The highest BCUT2D eigenvalue weighted by atomic mass is 19.4. The van der Waals surface area contributed by atoms with Gasteiger partial charge in [0.2, 0.25) is 0 Å². The molecule has 31 heavy (non-hydrogen) atoms. The number of carboxylic acid groups (broad SMARTS) is 1. The van der Waals surface area contributed by atoms with Gasteiger partial charge in [-0.2, -0.15) is 13.2 Å². The van der Waals surface area contributed by atoms with Gasteiger partial charge in [0.15, 0.2) is 0 Å². The average molecular weight is 447 g/mol. The molecule has 1 aliphatic heterocycles. The summed E-state index contributed by atoms with van der Waals surface area (Å²) in [6, 6.07) is 1.68. The number of nitrogens with zero attached hydrogens (tertiary/aromatic N) is 5. The lowest BCUT2D eigenvalue weighted by Gasteiger charge is -2.32. The summed E-state index contributed by atoms with van der Waals surface area (Å²) < 4.78 is 44.4. The molecule has 13 heteroatoms. The van der Waals surface area contributed by atoms with Crippen LogP contribution in [-0.2, 0) is 23.1 Å². The van der Waals surface area contributed by atoms with Crippen LogP contribution in [0.5, 0.6) is 0 Å². The number of alkyl halides is 3. The maximum Gasteiger partial charge on any atom is 0.490 e. The van der Waals surface area contributed by atoms with Crippen LogP contribution in [0.25, 0.3) is 0 Å². The summed E-state index contributed by atoms with van der Waals surface area (Å²) in [5, 5.41) is 15.4. The third-order valence-corrected chi connectivity index (χ3v) is 4.41. The SMILES string of the molecule is CN(C)CCOCC1CN(C(=O)c2ccoc2)Cc2nnn(C)c21.O=C(O)C(F)(F)F. The van der Waals surface area contributed by atoms with Gasteiger partial charge in [0.05, 0.1) is 37.3 Å². The zero-order valence-electron chi connectivity index (χ0n) is 17.3. The van der Waals surface area contributed by atoms with Gasteiger partial charge in [-0.1, -0.05) is 5.21 Å². The number of aliphatic carboxylic acids is 1. The number of hydrogen-bond donors (Lipinski definition) is 1. The summed E-state index contributed by atoms with van der Waals surface area (Å²) >= 11 is 0. The molecule has 2 aromatic heterocycles. The monoisotopic (exact) mass is 447 g/mol. The highest BCUT2D eigenvalue weighted by Crippen LogP contribution is 2.28. The molecule has 3 heterocycles. The van der Waals surface area contributed by atoms with Crippen molar-refractivity contribution < 1.29 is 37.0 Å². The molecule has 0 spiro atoms. The molecule has 1 amide bonds. The fourth-order valence-corrected chi connectivity index (χ4v) is 2.95. The van der Waals surface area contributed by atoms with Crippen LogP contribution < -0.4 is 0 Å². The summed E-state index contributed by atoms with van der Waals surface area (Å²) in [5.41, 5.74) is 2.44. The standard InChI is InChI=1S/C16H23N5O3.C2HF3O2/c1-19(2)5-7-24-11-13-8-21(16(22)12-4-6-23-10-12)9-14-15(13)20(3)18-17-14;3-2(4,5)1(6)7/h4,6,10,13H,5,7-9,11H2,1-3H3;(H,6,7). The van der Waals surface area contributed by atoms with Crippen LogP contribution in [0.2, 0.25) is 0 Å². The smallest absolute Gasteiger partial charge is 0.475 e. The van der Waals surface area contributed by atoms with E-state index in [4.69, 9.17) is 19.1 Å². The quantitative estimate of drug-likeness (QED) is 0.661. The Kier molecular flexibility index (Phi) is 8.16. The van der Waals surface area contributed by atoms with Crippen molar-refractivity contribution in [3.63, 3.8) is 0 Å². The molecule has 1 N–H and O–H groups in total. The molecule has 0 saturated carbocycles. The van der Waals surface area contributed by atoms with Crippen LogP contribution in [0, 0.1) is 0 Å². The summed E-state index contributed by atoms with van der Waals surface area (Å²) in [5.74, 6) is -2.75. The molecule has 0 fully saturated rings. The molecule has 0 saturated heterocycles. The second-order valence-corrected chi connectivity index (χ2v) is 7.12. The van der Waals surface area contributed by atoms with Gasteiger partial charge in [0.1, 0.15) is 12.0 Å². The van der Waals surface area contributed by atoms with E-state index in [9.17, 15) is 18.0 Å². The van der Waals surface area contributed by atoms with Gasteiger partial charge >= 0.3 is 12.1 Å². The van der Waals surface area contributed by atoms with Crippen molar-refractivity contribution in [2.45, 2.75) is 18.6 Å². The normalized spacial score (nSPS) is 16.0. The molecule has 1 aliphatic rings. The first-order valence-electron chi connectivity index (χ1n) is 9.23. The maximum atomic E-state index is 12.6. The number of halogens is 3. The number of carbonyl (C=O) groups is 2. The fraction of sp³-hybridized carbons (Fsp3) is 0.556. The third kappa shape index (κ3) is 6.79. The van der Waals surface area contributed by atoms with E-state index in [-0.39, 0.29) is 11.8 Å². The molecule has 172 valence electrons. The van der Waals surface area contributed by atoms with Crippen molar-refractivity contribution in [2.75, 3.05) is 40.4 Å². The Labute approximate surface area is 176 Å². The van der Waals surface area contributed by atoms with E-state index in [1.54, 1.807) is 15.6 Å². The number of carboxylic acids is 1. The predicted molar refractivity (Wildman–Crippen MR) is 100 cm³/mol. The second-order valence-electron chi connectivity index (χ2n) is 7.12. The molecule has 0 aliphatic carbocycles. The molecule has 1 atom stereocenters. The predicted octanol–water partition coefficient (Wildman–Crippen LogP) is 1.36. The number of amides is 1. The summed E-state index contributed by atoms with van der Waals surface area (Å²) in [4.78, 5) is 25.4. The summed E-state index contributed by atoms with van der Waals surface area (Å²) in [7, 11) is 5.91. The van der Waals surface area contributed by atoms with E-state index in [0.29, 0.717) is 31.9 Å². The lowest BCUT2D eigenvalue weighted by Crippen LogP contribution is -2.40. The van der Waals surface area contributed by atoms with Crippen LogP contribution in [0.4, 0.5) is 13.2 Å². The Morgan fingerprint density at radius 1 is 1.39 bits per heavy atom. The molecule has 0 radical (unpaired) electrons. The number of fused-ring (bicyclic) bond motifs is 1. The number of aryl methyl sites for hydroxylation is 1. The van der Waals surface area contributed by atoms with E-state index < -0.39 is 12.1 Å². The van der Waals surface area contributed by atoms with Gasteiger partial charge in [-0.05, 0) is 20.2 Å². The van der Waals surface area contributed by atoms with Crippen molar-refractivity contribution in [1.82, 2.24) is 24.8 Å². The Morgan fingerprint density at radius 2 is 2.06 bits per heavy atom. The maximum absolute atomic E-state index is 12.6. The number of likely N-dealkylation sites (N-methyl/N-ethyl adjacent to an activating group) is 1. The minimum absolute atomic E-state index is 0.0571. The molecular formula is C18H24F3N5O5. The van der Waals surface area contributed by atoms with Gasteiger partial charge in [0, 0.05) is 26.1 Å². The van der Waals surface area contributed by atoms with Crippen molar-refractivity contribution in [3.8, 4) is 0 Å². The van der Waals surface area contributed by atoms with Crippen LogP contribution in [-0.4, -0.2) is 88.4 Å². The number of carbonyl (C=O) groups excluding carboxylic acids is 1. The highest BCUT2D eigenvalue weighted by Gasteiger charge is 2.38. The number of hydrogen-bond acceptors (Lipinski definition) is 7. The van der Waals surface area contributed by atoms with Crippen LogP contribution >= 0.6 is 0 Å². The molecule has 1 unspecified atom stereocenters. The fourth-order valence-electron chi connectivity index (χ4n) is 2.95. The molecule has 10 nitrogen and oxygen atoms in total. The van der Waals surface area contributed by atoms with Crippen LogP contribution in [0.15, 0.2) is 23.0 Å². The van der Waals surface area contributed by atoms with E-state index >= 15 is 0 Å². The Morgan fingerprint density at radius 3 is 2.61 bits per heavy atom. The molecule has 0 aromatic carbocycles. The first-order valence-corrected chi connectivity index (χ1v) is 9.23. The van der Waals surface area contributed by atoms with Crippen LogP contribution in [0.1, 0.15) is 27.7 Å². The zero-order valence-corrected chi connectivity index (χ0v) is 17.3. The number of rotatable bonds is 6. The first kappa shape index (κ1) is 24.3. The Bertz CT molecular complexity index is 867. The molecule has 3 rings (SSSR count). The number of furan rings is 1. The number of ether oxygens (including phenoxy) is 1. The van der Waals surface area contributed by atoms with E-state index in [0.717, 1.165) is 17.9 Å². The Hall–Kier alpha value is -2.93. The summed E-state index contributed by atoms with van der Waals surface area (Å²) in [6.07, 6.45) is -2.11. The highest BCUT2D eigenvalue weighted by molar-refractivity contribution is 5.94. The van der Waals surface area contributed by atoms with E-state index in [2.05, 4.69) is 15.2 Å². The van der Waals surface area contributed by atoms with E-state index in [1.807, 2.05) is 21.1 Å². The number of aromatic nitrogens is 3. The average Bonchev–Trinajstić information content (AvgIpc) is 3.34. The third-order valence-electron chi connectivity index (χ3n) is 4.41. The van der Waals surface area contributed by atoms with Crippen molar-refractivity contribution in [2.24, 2.45) is 7.05 Å². The zero-order chi connectivity index (χ0) is 23.2. The van der Waals surface area contributed by atoms with Crippen molar-refractivity contribution >= 4 is 11.9 Å². The minimum Gasteiger partial charge on any atom is -0.475 e. The topological polar surface area (TPSA) is 114 Å². The van der Waals surface area contributed by atoms with Crippen molar-refractivity contribution in [3.05, 3.63) is 35.5 Å². The molecular weight excluding hydrogens is 423 g/mol.